The van der Waals surface area contributed by atoms with Gasteiger partial charge in [0.25, 0.3) is 0 Å². The number of imidazole rings is 1. The van der Waals surface area contributed by atoms with Crippen LogP contribution in [0.1, 0.15) is 42.6 Å². The number of anilines is 1. The van der Waals surface area contributed by atoms with E-state index in [9.17, 15) is 0 Å². The molecule has 0 spiro atoms. The smallest absolute Gasteiger partial charge is 0.173 e. The molecule has 1 aliphatic heterocycles. The molecular weight excluding hydrogens is 352 g/mol. The van der Waals surface area contributed by atoms with Gasteiger partial charge in [0, 0.05) is 24.7 Å². The molecule has 0 radical (unpaired) electrons. The number of aromatic amines is 1. The van der Waals surface area contributed by atoms with Crippen molar-refractivity contribution in [1.29, 1.82) is 0 Å². The lowest BCUT2D eigenvalue weighted by molar-refractivity contribution is 0.307. The van der Waals surface area contributed by atoms with E-state index in [1.54, 1.807) is 0 Å². The van der Waals surface area contributed by atoms with E-state index in [1.807, 2.05) is 0 Å². The van der Waals surface area contributed by atoms with Crippen LogP contribution in [0.4, 0.5) is 5.69 Å². The highest BCUT2D eigenvalue weighted by molar-refractivity contribution is 7.80. The monoisotopic (exact) mass is 378 g/mol. The number of aryl methyl sites for hydroxylation is 2. The second-order valence-corrected chi connectivity index (χ2v) is 7.80. The van der Waals surface area contributed by atoms with Gasteiger partial charge in [0.15, 0.2) is 5.11 Å². The number of nitrogens with zero attached hydrogens (tertiary/aromatic N) is 2. The average Bonchev–Trinajstić information content (AvgIpc) is 3.12. The molecule has 1 atom stereocenters. The Kier molecular flexibility index (Phi) is 5.12. The van der Waals surface area contributed by atoms with Crippen molar-refractivity contribution in [2.45, 2.75) is 39.0 Å². The number of hydrogen-bond acceptors (Lipinski definition) is 2. The van der Waals surface area contributed by atoms with E-state index in [0.29, 0.717) is 5.92 Å². The van der Waals surface area contributed by atoms with Gasteiger partial charge >= 0.3 is 0 Å². The molecule has 0 unspecified atom stereocenters. The largest absolute Gasteiger partial charge is 0.348 e. The number of nitrogens with one attached hydrogen (secondary N) is 2. The maximum Gasteiger partial charge on any atom is 0.173 e. The fourth-order valence-electron chi connectivity index (χ4n) is 3.75. The number of thiocarbonyl (C=S) groups is 1. The van der Waals surface area contributed by atoms with Gasteiger partial charge in [-0.3, -0.25) is 0 Å². The lowest BCUT2D eigenvalue weighted by Crippen LogP contribution is -2.41. The summed E-state index contributed by atoms with van der Waals surface area (Å²) in [4.78, 5) is 10.6. The van der Waals surface area contributed by atoms with Crippen molar-refractivity contribution in [2.75, 3.05) is 18.4 Å². The minimum Gasteiger partial charge on any atom is -0.348 e. The fourth-order valence-corrected chi connectivity index (χ4v) is 4.03. The van der Waals surface area contributed by atoms with Gasteiger partial charge in [-0.15, -0.1) is 0 Å². The number of benzene rings is 2. The molecule has 0 bridgehead atoms. The zero-order chi connectivity index (χ0) is 18.8. The molecule has 0 aliphatic carbocycles. The summed E-state index contributed by atoms with van der Waals surface area (Å²) < 4.78 is 0. The van der Waals surface area contributed by atoms with Gasteiger partial charge in [-0.2, -0.15) is 0 Å². The molecule has 0 amide bonds. The molecule has 1 aromatic heterocycles. The second-order valence-electron chi connectivity index (χ2n) is 7.41. The van der Waals surface area contributed by atoms with Crippen molar-refractivity contribution in [3.63, 3.8) is 0 Å². The zero-order valence-corrected chi connectivity index (χ0v) is 16.8. The van der Waals surface area contributed by atoms with Crippen LogP contribution in [0.3, 0.4) is 0 Å². The summed E-state index contributed by atoms with van der Waals surface area (Å²) in [6.45, 7) is 6.17. The Morgan fingerprint density at radius 2 is 2.07 bits per heavy atom. The Labute approximate surface area is 166 Å². The summed E-state index contributed by atoms with van der Waals surface area (Å²) in [5, 5.41) is 4.20. The molecule has 2 aromatic carbocycles. The molecule has 4 nitrogen and oxygen atoms in total. The first-order valence-electron chi connectivity index (χ1n) is 9.73. The van der Waals surface area contributed by atoms with E-state index in [1.165, 1.54) is 11.1 Å². The SMILES string of the molecule is CCc1ccc(NC(=S)N2CCC[C@@H](c3nc4ccc(C)cc4[nH]3)C2)cc1. The first-order chi connectivity index (χ1) is 13.1. The number of piperidine rings is 1. The highest BCUT2D eigenvalue weighted by Gasteiger charge is 2.25. The molecule has 2 N–H and O–H groups in total. The third-order valence-electron chi connectivity index (χ3n) is 5.36. The quantitative estimate of drug-likeness (QED) is 0.629. The van der Waals surface area contributed by atoms with Crippen LogP contribution >= 0.6 is 12.2 Å². The third kappa shape index (κ3) is 3.98. The van der Waals surface area contributed by atoms with Gasteiger partial charge in [-0.05, 0) is 73.8 Å². The van der Waals surface area contributed by atoms with E-state index < -0.39 is 0 Å². The first-order valence-corrected chi connectivity index (χ1v) is 10.1. The van der Waals surface area contributed by atoms with Crippen molar-refractivity contribution in [3.05, 3.63) is 59.4 Å². The molecule has 1 aliphatic rings. The molecule has 4 rings (SSSR count). The van der Waals surface area contributed by atoms with Crippen LogP contribution in [-0.4, -0.2) is 33.1 Å². The number of aromatic nitrogens is 2. The summed E-state index contributed by atoms with van der Waals surface area (Å²) in [5.41, 5.74) is 5.81. The standard InChI is InChI=1S/C22H26N4S/c1-3-16-7-9-18(10-8-16)23-22(27)26-12-4-5-17(14-26)21-24-19-11-6-15(2)13-20(19)25-21/h6-11,13,17H,3-5,12,14H2,1-2H3,(H,23,27)(H,24,25)/t17-/m1/s1. The average molecular weight is 379 g/mol. The number of fused-ring (bicyclic) bond motifs is 1. The fraction of sp³-hybridized carbons (Fsp3) is 0.364. The summed E-state index contributed by atoms with van der Waals surface area (Å²) in [7, 11) is 0. The molecule has 5 heteroatoms. The van der Waals surface area contributed by atoms with Gasteiger partial charge in [0.1, 0.15) is 5.82 Å². The van der Waals surface area contributed by atoms with Crippen molar-refractivity contribution >= 4 is 34.1 Å². The van der Waals surface area contributed by atoms with Crippen molar-refractivity contribution in [1.82, 2.24) is 14.9 Å². The normalized spacial score (nSPS) is 17.3. The minimum atomic E-state index is 0.383. The predicted molar refractivity (Wildman–Crippen MR) is 116 cm³/mol. The molecular formula is C22H26N4S. The van der Waals surface area contributed by atoms with E-state index in [-0.39, 0.29) is 0 Å². The van der Waals surface area contributed by atoms with E-state index in [2.05, 4.69) is 71.5 Å². The Hall–Kier alpha value is -2.40. The maximum absolute atomic E-state index is 5.69. The summed E-state index contributed by atoms with van der Waals surface area (Å²) >= 11 is 5.69. The first kappa shape index (κ1) is 18.0. The van der Waals surface area contributed by atoms with Gasteiger partial charge in [0.2, 0.25) is 0 Å². The molecule has 1 saturated heterocycles. The van der Waals surface area contributed by atoms with E-state index in [4.69, 9.17) is 17.2 Å². The molecule has 2 heterocycles. The third-order valence-corrected chi connectivity index (χ3v) is 5.72. The molecule has 0 saturated carbocycles. The second kappa shape index (κ2) is 7.69. The van der Waals surface area contributed by atoms with Gasteiger partial charge < -0.3 is 15.2 Å². The van der Waals surface area contributed by atoms with Crippen LogP contribution in [0.2, 0.25) is 0 Å². The lowest BCUT2D eigenvalue weighted by Gasteiger charge is -2.33. The number of hydrogen-bond donors (Lipinski definition) is 2. The van der Waals surface area contributed by atoms with Crippen molar-refractivity contribution < 1.29 is 0 Å². The summed E-state index contributed by atoms with van der Waals surface area (Å²) in [6.07, 6.45) is 3.32. The number of H-pyrrole nitrogens is 1. The van der Waals surface area contributed by atoms with Crippen molar-refractivity contribution in [3.8, 4) is 0 Å². The topological polar surface area (TPSA) is 44.0 Å². The Morgan fingerprint density at radius 3 is 2.85 bits per heavy atom. The lowest BCUT2D eigenvalue weighted by atomic mass is 9.98. The van der Waals surface area contributed by atoms with Gasteiger partial charge in [-0.1, -0.05) is 25.1 Å². The summed E-state index contributed by atoms with van der Waals surface area (Å²) in [6, 6.07) is 14.9. The Bertz CT molecular complexity index is 945. The van der Waals surface area contributed by atoms with E-state index >= 15 is 0 Å². The molecule has 1 fully saturated rings. The number of likely N-dealkylation sites (tertiary alicyclic amines) is 1. The van der Waals surface area contributed by atoms with Crippen LogP contribution in [0.15, 0.2) is 42.5 Å². The molecule has 3 aromatic rings. The Balaban J connectivity index is 1.45. The molecule has 140 valence electrons. The summed E-state index contributed by atoms with van der Waals surface area (Å²) in [5.74, 6) is 1.46. The van der Waals surface area contributed by atoms with Gasteiger partial charge in [-0.25, -0.2) is 4.98 Å². The highest BCUT2D eigenvalue weighted by Crippen LogP contribution is 2.27. The van der Waals surface area contributed by atoms with Crippen LogP contribution in [0.5, 0.6) is 0 Å². The molecule has 27 heavy (non-hydrogen) atoms. The van der Waals surface area contributed by atoms with Crippen molar-refractivity contribution in [2.24, 2.45) is 0 Å². The number of rotatable bonds is 3. The van der Waals surface area contributed by atoms with Crippen LogP contribution in [0.25, 0.3) is 11.0 Å². The highest BCUT2D eigenvalue weighted by atomic mass is 32.1. The van der Waals surface area contributed by atoms with E-state index in [0.717, 1.165) is 60.0 Å². The predicted octanol–water partition coefficient (Wildman–Crippen LogP) is 5.01. The van der Waals surface area contributed by atoms with Gasteiger partial charge in [0.05, 0.1) is 11.0 Å². The zero-order valence-electron chi connectivity index (χ0n) is 16.0. The minimum absolute atomic E-state index is 0.383. The van der Waals surface area contributed by atoms with Crippen LogP contribution in [-0.2, 0) is 6.42 Å². The van der Waals surface area contributed by atoms with Crippen LogP contribution < -0.4 is 5.32 Å². The van der Waals surface area contributed by atoms with Crippen LogP contribution in [0, 0.1) is 6.92 Å². The maximum atomic E-state index is 5.69. The Morgan fingerprint density at radius 1 is 1.26 bits per heavy atom.